The third-order valence-corrected chi connectivity index (χ3v) is 4.70. The molecule has 1 saturated heterocycles. The maximum absolute atomic E-state index is 12.2. The molecule has 0 bridgehead atoms. The standard InChI is InChI=1S/C10H14N4O2S/c1-13-8-10(6-12-13)17(15,16)14-4-2-3-9(5-11)7-14/h6,8-9H,2-4,7H2,1H3. The predicted octanol–water partition coefficient (Wildman–Crippen LogP) is 0.344. The Hall–Kier alpha value is -1.39. The van der Waals surface area contributed by atoms with E-state index in [1.54, 1.807) is 7.05 Å². The first kappa shape index (κ1) is 12.1. The van der Waals surface area contributed by atoms with Gasteiger partial charge in [-0.25, -0.2) is 8.42 Å². The van der Waals surface area contributed by atoms with Gasteiger partial charge in [0.15, 0.2) is 0 Å². The van der Waals surface area contributed by atoms with Gasteiger partial charge in [-0.15, -0.1) is 0 Å². The molecule has 0 saturated carbocycles. The highest BCUT2D eigenvalue weighted by molar-refractivity contribution is 7.89. The number of piperidine rings is 1. The molecule has 1 aliphatic rings. The molecule has 0 radical (unpaired) electrons. The zero-order valence-electron chi connectivity index (χ0n) is 9.57. The Morgan fingerprint density at radius 2 is 2.35 bits per heavy atom. The highest BCUT2D eigenvalue weighted by Crippen LogP contribution is 2.22. The Bertz CT molecular complexity index is 543. The van der Waals surface area contributed by atoms with E-state index in [1.807, 2.05) is 0 Å². The van der Waals surface area contributed by atoms with E-state index in [4.69, 9.17) is 5.26 Å². The summed E-state index contributed by atoms with van der Waals surface area (Å²) in [4.78, 5) is 0.193. The molecule has 17 heavy (non-hydrogen) atoms. The van der Waals surface area contributed by atoms with Crippen molar-refractivity contribution < 1.29 is 8.42 Å². The maximum atomic E-state index is 12.2. The van der Waals surface area contributed by atoms with Gasteiger partial charge in [0.05, 0.1) is 18.2 Å². The van der Waals surface area contributed by atoms with Crippen molar-refractivity contribution in [3.05, 3.63) is 12.4 Å². The summed E-state index contributed by atoms with van der Waals surface area (Å²) >= 11 is 0. The van der Waals surface area contributed by atoms with Crippen molar-refractivity contribution in [1.29, 1.82) is 5.26 Å². The molecule has 2 rings (SSSR count). The number of hydrogen-bond donors (Lipinski definition) is 0. The molecule has 0 spiro atoms. The summed E-state index contributed by atoms with van der Waals surface area (Å²) in [5, 5.41) is 12.7. The highest BCUT2D eigenvalue weighted by atomic mass is 32.2. The molecule has 1 aromatic heterocycles. The van der Waals surface area contributed by atoms with Gasteiger partial charge >= 0.3 is 0 Å². The average molecular weight is 254 g/mol. The second-order valence-electron chi connectivity index (χ2n) is 4.18. The Morgan fingerprint density at radius 3 is 2.94 bits per heavy atom. The number of rotatable bonds is 2. The zero-order chi connectivity index (χ0) is 12.5. The third-order valence-electron chi connectivity index (χ3n) is 2.89. The van der Waals surface area contributed by atoms with Gasteiger partial charge in [-0.05, 0) is 12.8 Å². The van der Waals surface area contributed by atoms with E-state index in [0.717, 1.165) is 12.8 Å². The van der Waals surface area contributed by atoms with E-state index in [9.17, 15) is 8.42 Å². The molecule has 1 atom stereocenters. The van der Waals surface area contributed by atoms with Crippen LogP contribution in [0.3, 0.4) is 0 Å². The van der Waals surface area contributed by atoms with Crippen LogP contribution in [0, 0.1) is 17.2 Å². The van der Waals surface area contributed by atoms with Gasteiger partial charge < -0.3 is 0 Å². The van der Waals surface area contributed by atoms with E-state index in [1.165, 1.54) is 21.4 Å². The first-order valence-corrected chi connectivity index (χ1v) is 6.86. The van der Waals surface area contributed by atoms with Gasteiger partial charge in [0.2, 0.25) is 10.0 Å². The fourth-order valence-electron chi connectivity index (χ4n) is 1.95. The number of aromatic nitrogens is 2. The molecule has 1 unspecified atom stereocenters. The summed E-state index contributed by atoms with van der Waals surface area (Å²) in [6, 6.07) is 2.14. The van der Waals surface area contributed by atoms with Crippen LogP contribution in [0.25, 0.3) is 0 Å². The fraction of sp³-hybridized carbons (Fsp3) is 0.600. The third kappa shape index (κ3) is 2.33. The molecular formula is C10H14N4O2S. The molecular weight excluding hydrogens is 240 g/mol. The smallest absolute Gasteiger partial charge is 0.246 e. The van der Waals surface area contributed by atoms with Crippen LogP contribution in [0.2, 0.25) is 0 Å². The number of hydrogen-bond acceptors (Lipinski definition) is 4. The number of sulfonamides is 1. The van der Waals surface area contributed by atoms with Crippen molar-refractivity contribution in [2.75, 3.05) is 13.1 Å². The zero-order valence-corrected chi connectivity index (χ0v) is 10.4. The van der Waals surface area contributed by atoms with E-state index in [0.29, 0.717) is 6.54 Å². The SMILES string of the molecule is Cn1cc(S(=O)(=O)N2CCCC(C#N)C2)cn1. The molecule has 0 aromatic carbocycles. The van der Waals surface area contributed by atoms with E-state index < -0.39 is 10.0 Å². The van der Waals surface area contributed by atoms with Crippen molar-refractivity contribution >= 4 is 10.0 Å². The molecule has 1 aromatic rings. The van der Waals surface area contributed by atoms with Crippen LogP contribution in [0.5, 0.6) is 0 Å². The minimum atomic E-state index is -3.49. The second-order valence-corrected chi connectivity index (χ2v) is 6.12. The van der Waals surface area contributed by atoms with Gasteiger partial charge in [-0.3, -0.25) is 4.68 Å². The topological polar surface area (TPSA) is 79.0 Å². The maximum Gasteiger partial charge on any atom is 0.246 e. The van der Waals surface area contributed by atoms with Crippen molar-refractivity contribution in [3.8, 4) is 6.07 Å². The quantitative estimate of drug-likeness (QED) is 0.762. The van der Waals surface area contributed by atoms with Crippen molar-refractivity contribution in [3.63, 3.8) is 0 Å². The monoisotopic (exact) mass is 254 g/mol. The van der Waals surface area contributed by atoms with Crippen LogP contribution >= 0.6 is 0 Å². The Labute approximate surface area is 101 Å². The van der Waals surface area contributed by atoms with Crippen LogP contribution in [-0.4, -0.2) is 35.6 Å². The van der Waals surface area contributed by atoms with Crippen LogP contribution < -0.4 is 0 Å². The summed E-state index contributed by atoms with van der Waals surface area (Å²) in [5.41, 5.74) is 0. The number of nitrogens with zero attached hydrogens (tertiary/aromatic N) is 4. The Morgan fingerprint density at radius 1 is 1.59 bits per heavy atom. The molecule has 2 heterocycles. The van der Waals surface area contributed by atoms with Crippen molar-refractivity contribution in [2.45, 2.75) is 17.7 Å². The molecule has 1 fully saturated rings. The first-order chi connectivity index (χ1) is 8.04. The minimum Gasteiger partial charge on any atom is -0.274 e. The highest BCUT2D eigenvalue weighted by Gasteiger charge is 2.30. The van der Waals surface area contributed by atoms with E-state index in [-0.39, 0.29) is 17.4 Å². The second kappa shape index (κ2) is 4.47. The van der Waals surface area contributed by atoms with Crippen LogP contribution in [0.1, 0.15) is 12.8 Å². The van der Waals surface area contributed by atoms with Gasteiger partial charge in [0.25, 0.3) is 0 Å². The van der Waals surface area contributed by atoms with Crippen LogP contribution in [-0.2, 0) is 17.1 Å². The normalized spacial score (nSPS) is 22.2. The average Bonchev–Trinajstić information content (AvgIpc) is 2.76. The van der Waals surface area contributed by atoms with Crippen molar-refractivity contribution in [1.82, 2.24) is 14.1 Å². The predicted molar refractivity (Wildman–Crippen MR) is 60.3 cm³/mol. The minimum absolute atomic E-state index is 0.193. The van der Waals surface area contributed by atoms with Gasteiger partial charge in [-0.2, -0.15) is 14.7 Å². The number of nitriles is 1. The molecule has 0 amide bonds. The summed E-state index contributed by atoms with van der Waals surface area (Å²) in [6.45, 7) is 0.767. The molecule has 7 heteroatoms. The van der Waals surface area contributed by atoms with Gasteiger partial charge in [0.1, 0.15) is 4.90 Å². The lowest BCUT2D eigenvalue weighted by Crippen LogP contribution is -2.39. The summed E-state index contributed by atoms with van der Waals surface area (Å²) in [7, 11) is -1.81. The van der Waals surface area contributed by atoms with Crippen LogP contribution in [0.15, 0.2) is 17.3 Å². The summed E-state index contributed by atoms with van der Waals surface area (Å²) in [5.74, 6) is -0.199. The summed E-state index contributed by atoms with van der Waals surface area (Å²) in [6.07, 6.45) is 4.32. The molecule has 1 aliphatic heterocycles. The molecule has 0 N–H and O–H groups in total. The first-order valence-electron chi connectivity index (χ1n) is 5.42. The lowest BCUT2D eigenvalue weighted by molar-refractivity contribution is 0.305. The Kier molecular flexibility index (Phi) is 3.17. The lowest BCUT2D eigenvalue weighted by atomic mass is 10.0. The summed E-state index contributed by atoms with van der Waals surface area (Å²) < 4.78 is 27.3. The molecule has 92 valence electrons. The largest absolute Gasteiger partial charge is 0.274 e. The fourth-order valence-corrected chi connectivity index (χ4v) is 3.46. The Balaban J connectivity index is 2.24. The van der Waals surface area contributed by atoms with Crippen molar-refractivity contribution in [2.24, 2.45) is 13.0 Å². The molecule has 6 nitrogen and oxygen atoms in total. The van der Waals surface area contributed by atoms with E-state index in [2.05, 4.69) is 11.2 Å². The lowest BCUT2D eigenvalue weighted by Gasteiger charge is -2.28. The number of aryl methyl sites for hydroxylation is 1. The van der Waals surface area contributed by atoms with Gasteiger partial charge in [-0.1, -0.05) is 0 Å². The molecule has 0 aliphatic carbocycles. The van der Waals surface area contributed by atoms with Gasteiger partial charge in [0, 0.05) is 26.3 Å². The van der Waals surface area contributed by atoms with Crippen LogP contribution in [0.4, 0.5) is 0 Å². The van der Waals surface area contributed by atoms with E-state index >= 15 is 0 Å².